The summed E-state index contributed by atoms with van der Waals surface area (Å²) in [7, 11) is 0. The van der Waals surface area contributed by atoms with Gasteiger partial charge in [-0.15, -0.1) is 0 Å². The number of hydrogen-bond donors (Lipinski definition) is 1. The Balaban J connectivity index is 3.04. The molecule has 2 nitrogen and oxygen atoms in total. The number of likely N-dealkylation sites (N-methyl/N-ethyl adjacent to an activating group) is 1. The quantitative estimate of drug-likeness (QED) is 0.730. The van der Waals surface area contributed by atoms with Crippen LogP contribution in [0.25, 0.3) is 0 Å². The molecular formula is C18H32N2. The molecule has 1 N–H and O–H groups in total. The predicted molar refractivity (Wildman–Crippen MR) is 89.0 cm³/mol. The molecule has 0 amide bonds. The fourth-order valence-corrected chi connectivity index (χ4v) is 3.06. The molecule has 1 rings (SSSR count). The molecule has 0 fully saturated rings. The molecule has 2 atom stereocenters. The molecule has 2 heteroatoms. The molecular weight excluding hydrogens is 244 g/mol. The normalized spacial score (nSPS) is 14.8. The van der Waals surface area contributed by atoms with E-state index in [2.05, 4.69) is 75.2 Å². The molecule has 114 valence electrons. The van der Waals surface area contributed by atoms with E-state index in [0.717, 1.165) is 19.6 Å². The lowest BCUT2D eigenvalue weighted by Gasteiger charge is -2.39. The standard InChI is InChI=1S/C18H32N2/c1-6-14-19-17(16-12-10-9-11-13-16)18(15(4)5)20(7-2)8-3/h9-13,15,17-19H,6-8,14H2,1-5H3. The third-order valence-corrected chi connectivity index (χ3v) is 4.03. The molecule has 0 saturated carbocycles. The van der Waals surface area contributed by atoms with E-state index in [1.54, 1.807) is 0 Å². The van der Waals surface area contributed by atoms with Gasteiger partial charge in [0.2, 0.25) is 0 Å². The predicted octanol–water partition coefficient (Wildman–Crippen LogP) is 4.09. The molecule has 0 saturated heterocycles. The van der Waals surface area contributed by atoms with E-state index in [4.69, 9.17) is 0 Å². The van der Waals surface area contributed by atoms with Gasteiger partial charge in [-0.25, -0.2) is 0 Å². The van der Waals surface area contributed by atoms with Crippen molar-refractivity contribution < 1.29 is 0 Å². The summed E-state index contributed by atoms with van der Waals surface area (Å²) in [5, 5.41) is 3.77. The summed E-state index contributed by atoms with van der Waals surface area (Å²) in [6.45, 7) is 14.7. The van der Waals surface area contributed by atoms with Gasteiger partial charge in [0.25, 0.3) is 0 Å². The number of hydrogen-bond acceptors (Lipinski definition) is 2. The molecule has 0 aromatic heterocycles. The number of rotatable bonds is 9. The Morgan fingerprint density at radius 1 is 1.00 bits per heavy atom. The zero-order valence-corrected chi connectivity index (χ0v) is 13.9. The minimum atomic E-state index is 0.413. The van der Waals surface area contributed by atoms with Crippen LogP contribution in [0.3, 0.4) is 0 Å². The SMILES string of the molecule is CCCNC(c1ccccc1)C(C(C)C)N(CC)CC. The molecule has 1 aromatic rings. The highest BCUT2D eigenvalue weighted by Gasteiger charge is 2.29. The van der Waals surface area contributed by atoms with Crippen LogP contribution in [0.2, 0.25) is 0 Å². The van der Waals surface area contributed by atoms with Gasteiger partial charge in [0.1, 0.15) is 0 Å². The van der Waals surface area contributed by atoms with Gasteiger partial charge in [-0.05, 0) is 37.5 Å². The minimum Gasteiger partial charge on any atom is -0.309 e. The molecule has 0 aliphatic carbocycles. The monoisotopic (exact) mass is 276 g/mol. The summed E-state index contributed by atoms with van der Waals surface area (Å²) >= 11 is 0. The highest BCUT2D eigenvalue weighted by atomic mass is 15.2. The van der Waals surface area contributed by atoms with Crippen molar-refractivity contribution in [2.75, 3.05) is 19.6 Å². The lowest BCUT2D eigenvalue weighted by Crippen LogP contribution is -2.47. The Kier molecular flexibility index (Phi) is 7.86. The molecule has 0 aliphatic heterocycles. The van der Waals surface area contributed by atoms with Crippen molar-refractivity contribution in [1.82, 2.24) is 10.2 Å². The van der Waals surface area contributed by atoms with Crippen LogP contribution in [-0.4, -0.2) is 30.6 Å². The largest absolute Gasteiger partial charge is 0.309 e. The summed E-state index contributed by atoms with van der Waals surface area (Å²) in [6.07, 6.45) is 1.17. The summed E-state index contributed by atoms with van der Waals surface area (Å²) in [4.78, 5) is 2.59. The van der Waals surface area contributed by atoms with Crippen molar-refractivity contribution in [3.8, 4) is 0 Å². The Bertz CT molecular complexity index is 344. The van der Waals surface area contributed by atoms with Crippen molar-refractivity contribution in [1.29, 1.82) is 0 Å². The van der Waals surface area contributed by atoms with Crippen LogP contribution in [0.5, 0.6) is 0 Å². The van der Waals surface area contributed by atoms with Crippen LogP contribution < -0.4 is 5.32 Å². The minimum absolute atomic E-state index is 0.413. The van der Waals surface area contributed by atoms with Gasteiger partial charge in [-0.2, -0.15) is 0 Å². The second-order valence-corrected chi connectivity index (χ2v) is 5.80. The number of nitrogens with zero attached hydrogens (tertiary/aromatic N) is 1. The van der Waals surface area contributed by atoms with Gasteiger partial charge >= 0.3 is 0 Å². The first-order valence-corrected chi connectivity index (χ1v) is 8.17. The van der Waals surface area contributed by atoms with Gasteiger partial charge in [0.15, 0.2) is 0 Å². The molecule has 0 aliphatic rings. The van der Waals surface area contributed by atoms with E-state index < -0.39 is 0 Å². The van der Waals surface area contributed by atoms with Gasteiger partial charge in [0.05, 0.1) is 0 Å². The first-order valence-electron chi connectivity index (χ1n) is 8.17. The second-order valence-electron chi connectivity index (χ2n) is 5.80. The highest BCUT2D eigenvalue weighted by molar-refractivity contribution is 5.21. The summed E-state index contributed by atoms with van der Waals surface area (Å²) < 4.78 is 0. The average molecular weight is 276 g/mol. The van der Waals surface area contributed by atoms with E-state index in [9.17, 15) is 0 Å². The Labute approximate surface area is 125 Å². The Morgan fingerprint density at radius 2 is 1.60 bits per heavy atom. The van der Waals surface area contributed by atoms with E-state index in [1.165, 1.54) is 12.0 Å². The highest BCUT2D eigenvalue weighted by Crippen LogP contribution is 2.26. The van der Waals surface area contributed by atoms with Crippen LogP contribution in [0.15, 0.2) is 30.3 Å². The summed E-state index contributed by atoms with van der Waals surface area (Å²) in [5.74, 6) is 0.629. The Morgan fingerprint density at radius 3 is 2.05 bits per heavy atom. The van der Waals surface area contributed by atoms with Crippen molar-refractivity contribution in [2.45, 2.75) is 53.1 Å². The van der Waals surface area contributed by atoms with Gasteiger partial charge < -0.3 is 5.32 Å². The summed E-state index contributed by atoms with van der Waals surface area (Å²) in [5.41, 5.74) is 1.41. The van der Waals surface area contributed by atoms with Crippen LogP contribution >= 0.6 is 0 Å². The maximum atomic E-state index is 3.77. The molecule has 0 bridgehead atoms. The zero-order valence-electron chi connectivity index (χ0n) is 13.9. The maximum Gasteiger partial charge on any atom is 0.0480 e. The molecule has 2 unspecified atom stereocenters. The van der Waals surface area contributed by atoms with Crippen LogP contribution in [0.1, 0.15) is 52.6 Å². The second kappa shape index (κ2) is 9.15. The molecule has 0 radical (unpaired) electrons. The first kappa shape index (κ1) is 17.2. The van der Waals surface area contributed by atoms with Crippen LogP contribution in [-0.2, 0) is 0 Å². The van der Waals surface area contributed by atoms with Crippen LogP contribution in [0, 0.1) is 5.92 Å². The lowest BCUT2D eigenvalue weighted by atomic mass is 9.89. The number of nitrogens with one attached hydrogen (secondary N) is 1. The third-order valence-electron chi connectivity index (χ3n) is 4.03. The molecule has 20 heavy (non-hydrogen) atoms. The third kappa shape index (κ3) is 4.60. The zero-order chi connectivity index (χ0) is 15.0. The van der Waals surface area contributed by atoms with E-state index >= 15 is 0 Å². The van der Waals surface area contributed by atoms with Crippen molar-refractivity contribution in [2.24, 2.45) is 5.92 Å². The number of benzene rings is 1. The fourth-order valence-electron chi connectivity index (χ4n) is 3.06. The van der Waals surface area contributed by atoms with E-state index in [1.807, 2.05) is 0 Å². The summed E-state index contributed by atoms with van der Waals surface area (Å²) in [6, 6.07) is 11.9. The van der Waals surface area contributed by atoms with Crippen LogP contribution in [0.4, 0.5) is 0 Å². The van der Waals surface area contributed by atoms with E-state index in [-0.39, 0.29) is 0 Å². The Hall–Kier alpha value is -0.860. The lowest BCUT2D eigenvalue weighted by molar-refractivity contribution is 0.129. The average Bonchev–Trinajstić information content (AvgIpc) is 2.47. The topological polar surface area (TPSA) is 15.3 Å². The molecule has 0 heterocycles. The van der Waals surface area contributed by atoms with Crippen molar-refractivity contribution in [3.63, 3.8) is 0 Å². The van der Waals surface area contributed by atoms with Gasteiger partial charge in [-0.3, -0.25) is 4.90 Å². The van der Waals surface area contributed by atoms with Crippen molar-refractivity contribution in [3.05, 3.63) is 35.9 Å². The first-order chi connectivity index (χ1) is 9.65. The van der Waals surface area contributed by atoms with E-state index in [0.29, 0.717) is 18.0 Å². The van der Waals surface area contributed by atoms with Crippen molar-refractivity contribution >= 4 is 0 Å². The maximum absolute atomic E-state index is 3.77. The smallest absolute Gasteiger partial charge is 0.0480 e. The van der Waals surface area contributed by atoms with Gasteiger partial charge in [0, 0.05) is 12.1 Å². The molecule has 1 aromatic carbocycles. The fraction of sp³-hybridized carbons (Fsp3) is 0.667. The van der Waals surface area contributed by atoms with Gasteiger partial charge in [-0.1, -0.05) is 65.0 Å². The molecule has 0 spiro atoms.